The molecule has 0 spiro atoms. The first-order valence-electron chi connectivity index (χ1n) is 7.16. The molecular formula is C17H12Br2N2O3S. The zero-order valence-corrected chi connectivity index (χ0v) is 16.7. The fourth-order valence-electron chi connectivity index (χ4n) is 1.84. The summed E-state index contributed by atoms with van der Waals surface area (Å²) in [6, 6.07) is 14.6. The Kier molecular flexibility index (Phi) is 6.17. The summed E-state index contributed by atoms with van der Waals surface area (Å²) in [5.74, 6) is 0.923. The maximum atomic E-state index is 12.1. The van der Waals surface area contributed by atoms with Crippen LogP contribution in [0.25, 0.3) is 0 Å². The van der Waals surface area contributed by atoms with Gasteiger partial charge in [0.2, 0.25) is 5.90 Å². The van der Waals surface area contributed by atoms with E-state index in [1.54, 1.807) is 12.1 Å². The predicted molar refractivity (Wildman–Crippen MR) is 105 cm³/mol. The molecule has 0 aromatic heterocycles. The summed E-state index contributed by atoms with van der Waals surface area (Å²) >= 11 is 7.83. The van der Waals surface area contributed by atoms with Gasteiger partial charge in [0.1, 0.15) is 17.0 Å². The van der Waals surface area contributed by atoms with Crippen molar-refractivity contribution in [1.82, 2.24) is 5.32 Å². The minimum Gasteiger partial charge on any atom is -0.484 e. The Balaban J connectivity index is 1.49. The van der Waals surface area contributed by atoms with Gasteiger partial charge in [-0.2, -0.15) is 4.40 Å². The molecule has 128 valence electrons. The van der Waals surface area contributed by atoms with Gasteiger partial charge in [-0.15, -0.1) is 0 Å². The molecule has 8 heteroatoms. The highest BCUT2D eigenvalue weighted by Crippen LogP contribution is 2.21. The largest absolute Gasteiger partial charge is 0.484 e. The number of nitrogens with one attached hydrogen (secondary N) is 1. The van der Waals surface area contributed by atoms with Crippen molar-refractivity contribution in [1.29, 1.82) is 0 Å². The van der Waals surface area contributed by atoms with Crippen molar-refractivity contribution < 1.29 is 14.3 Å². The number of hydrogen-bond donors (Lipinski definition) is 1. The normalized spacial score (nSPS) is 13.4. The van der Waals surface area contributed by atoms with E-state index in [0.29, 0.717) is 16.5 Å². The van der Waals surface area contributed by atoms with Gasteiger partial charge in [-0.1, -0.05) is 31.9 Å². The Labute approximate surface area is 165 Å². The minimum atomic E-state index is -0.223. The molecule has 0 aliphatic carbocycles. The Hall–Kier alpha value is -1.77. The quantitative estimate of drug-likeness (QED) is 0.614. The van der Waals surface area contributed by atoms with E-state index >= 15 is 0 Å². The van der Waals surface area contributed by atoms with Gasteiger partial charge in [-0.3, -0.25) is 4.79 Å². The third kappa shape index (κ3) is 5.35. The maximum Gasteiger partial charge on any atom is 0.256 e. The molecule has 3 rings (SSSR count). The first kappa shape index (κ1) is 18.0. The molecule has 1 aliphatic heterocycles. The summed E-state index contributed by atoms with van der Waals surface area (Å²) in [5.41, 5.74) is 0.554. The lowest BCUT2D eigenvalue weighted by Crippen LogP contribution is -2.24. The molecule has 0 radical (unpaired) electrons. The number of halogens is 2. The molecule has 0 saturated heterocycles. The van der Waals surface area contributed by atoms with Crippen LogP contribution in [0.3, 0.4) is 0 Å². The minimum absolute atomic E-state index is 0.207. The Morgan fingerprint density at radius 1 is 1.08 bits per heavy atom. The molecule has 1 N–H and O–H groups in total. The summed E-state index contributed by atoms with van der Waals surface area (Å²) in [7, 11) is 0. The summed E-state index contributed by atoms with van der Waals surface area (Å²) in [5, 5.41) is 3.26. The van der Waals surface area contributed by atoms with Gasteiger partial charge in [0.05, 0.1) is 0 Å². The number of amides is 1. The SMILES string of the molecule is O=C(NC1=COC(COc2ccc(Br)cc2)=NS1)c1ccc(Br)cc1. The highest BCUT2D eigenvalue weighted by atomic mass is 79.9. The van der Waals surface area contributed by atoms with E-state index in [1.165, 1.54) is 6.26 Å². The van der Waals surface area contributed by atoms with E-state index < -0.39 is 0 Å². The van der Waals surface area contributed by atoms with E-state index in [2.05, 4.69) is 41.6 Å². The second-order valence-corrected chi connectivity index (χ2v) is 7.52. The van der Waals surface area contributed by atoms with Crippen molar-refractivity contribution >= 4 is 55.6 Å². The molecule has 5 nitrogen and oxygen atoms in total. The number of hydrogen-bond acceptors (Lipinski definition) is 5. The molecule has 0 atom stereocenters. The van der Waals surface area contributed by atoms with Gasteiger partial charge in [-0.05, 0) is 48.5 Å². The van der Waals surface area contributed by atoms with E-state index in [4.69, 9.17) is 9.47 Å². The van der Waals surface area contributed by atoms with Crippen LogP contribution in [-0.4, -0.2) is 18.4 Å². The van der Waals surface area contributed by atoms with E-state index in [9.17, 15) is 4.79 Å². The Morgan fingerprint density at radius 3 is 2.32 bits per heavy atom. The lowest BCUT2D eigenvalue weighted by molar-refractivity contribution is 0.0967. The average Bonchev–Trinajstić information content (AvgIpc) is 2.63. The summed E-state index contributed by atoms with van der Waals surface area (Å²) in [6.07, 6.45) is 1.45. The van der Waals surface area contributed by atoms with Crippen LogP contribution in [0, 0.1) is 0 Å². The number of carbonyl (C=O) groups is 1. The smallest absolute Gasteiger partial charge is 0.256 e. The van der Waals surface area contributed by atoms with E-state index in [0.717, 1.165) is 26.6 Å². The predicted octanol–water partition coefficient (Wildman–Crippen LogP) is 4.90. The fraction of sp³-hybridized carbons (Fsp3) is 0.0588. The third-order valence-electron chi connectivity index (χ3n) is 3.07. The van der Waals surface area contributed by atoms with Crippen LogP contribution in [0.4, 0.5) is 0 Å². The van der Waals surface area contributed by atoms with Crippen molar-refractivity contribution in [2.24, 2.45) is 4.40 Å². The zero-order chi connectivity index (χ0) is 17.6. The Bertz CT molecular complexity index is 821. The van der Waals surface area contributed by atoms with E-state index in [-0.39, 0.29) is 12.5 Å². The van der Waals surface area contributed by atoms with Crippen molar-refractivity contribution in [3.63, 3.8) is 0 Å². The molecule has 0 saturated carbocycles. The fourth-order valence-corrected chi connectivity index (χ4v) is 2.89. The molecular weight excluding hydrogens is 472 g/mol. The van der Waals surface area contributed by atoms with Gasteiger partial charge < -0.3 is 14.8 Å². The van der Waals surface area contributed by atoms with Crippen LogP contribution < -0.4 is 10.1 Å². The standard InChI is InChI=1S/C17H12Br2N2O3S/c18-12-3-1-11(2-4-12)17(22)20-16-10-24-15(21-25-16)9-23-14-7-5-13(19)6-8-14/h1-8,10H,9H2,(H,20,22). The summed E-state index contributed by atoms with van der Waals surface area (Å²) in [4.78, 5) is 12.1. The zero-order valence-electron chi connectivity index (χ0n) is 12.7. The lowest BCUT2D eigenvalue weighted by atomic mass is 10.2. The van der Waals surface area contributed by atoms with Crippen LogP contribution in [0.1, 0.15) is 10.4 Å². The first-order valence-corrected chi connectivity index (χ1v) is 9.52. The van der Waals surface area contributed by atoms with Gasteiger partial charge in [0.25, 0.3) is 5.91 Å². The molecule has 2 aromatic rings. The number of nitrogens with zero attached hydrogens (tertiary/aromatic N) is 1. The molecule has 0 bridgehead atoms. The first-order chi connectivity index (χ1) is 12.1. The van der Waals surface area contributed by atoms with Crippen LogP contribution >= 0.6 is 43.8 Å². The number of ether oxygens (including phenoxy) is 2. The van der Waals surface area contributed by atoms with E-state index in [1.807, 2.05) is 36.4 Å². The molecule has 1 heterocycles. The van der Waals surface area contributed by atoms with Crippen molar-refractivity contribution in [3.05, 3.63) is 74.3 Å². The molecule has 1 aliphatic rings. The maximum absolute atomic E-state index is 12.1. The lowest BCUT2D eigenvalue weighted by Gasteiger charge is -2.14. The second kappa shape index (κ2) is 8.55. The van der Waals surface area contributed by atoms with Crippen molar-refractivity contribution in [2.75, 3.05) is 6.61 Å². The van der Waals surface area contributed by atoms with Crippen LogP contribution in [-0.2, 0) is 4.74 Å². The number of carbonyl (C=O) groups excluding carboxylic acids is 1. The van der Waals surface area contributed by atoms with Gasteiger partial charge >= 0.3 is 0 Å². The topological polar surface area (TPSA) is 59.9 Å². The highest BCUT2D eigenvalue weighted by molar-refractivity contribution is 9.10. The number of rotatable bonds is 5. The van der Waals surface area contributed by atoms with Crippen LogP contribution in [0.15, 0.2) is 73.2 Å². The monoisotopic (exact) mass is 482 g/mol. The van der Waals surface area contributed by atoms with Crippen LogP contribution in [0.2, 0.25) is 0 Å². The van der Waals surface area contributed by atoms with Gasteiger partial charge in [0, 0.05) is 26.5 Å². The number of benzene rings is 2. The van der Waals surface area contributed by atoms with Crippen molar-refractivity contribution in [3.8, 4) is 5.75 Å². The Morgan fingerprint density at radius 2 is 1.72 bits per heavy atom. The molecule has 25 heavy (non-hydrogen) atoms. The third-order valence-corrected chi connectivity index (χ3v) is 4.81. The molecule has 0 unspecified atom stereocenters. The van der Waals surface area contributed by atoms with Gasteiger partial charge in [-0.25, -0.2) is 0 Å². The highest BCUT2D eigenvalue weighted by Gasteiger charge is 2.14. The molecule has 1 amide bonds. The average molecular weight is 484 g/mol. The molecule has 2 aromatic carbocycles. The second-order valence-electron chi connectivity index (χ2n) is 4.88. The molecule has 0 fully saturated rings. The van der Waals surface area contributed by atoms with Gasteiger partial charge in [0.15, 0.2) is 6.61 Å². The summed E-state index contributed by atoms with van der Waals surface area (Å²) < 4.78 is 17.1. The van der Waals surface area contributed by atoms with Crippen LogP contribution in [0.5, 0.6) is 5.75 Å². The summed E-state index contributed by atoms with van der Waals surface area (Å²) in [6.45, 7) is 0.207. The van der Waals surface area contributed by atoms with Crippen molar-refractivity contribution in [2.45, 2.75) is 0 Å².